The maximum Gasteiger partial charge on any atom is 0.354 e. The molecule has 0 saturated carbocycles. The second kappa shape index (κ2) is 5.09. The molecule has 0 bridgehead atoms. The van der Waals surface area contributed by atoms with Gasteiger partial charge in [0.05, 0.1) is 13.2 Å². The van der Waals surface area contributed by atoms with Gasteiger partial charge in [0.1, 0.15) is 11.5 Å². The number of amides is 2. The molecule has 0 aromatic heterocycles. The molecule has 0 aliphatic carbocycles. The predicted octanol–water partition coefficient (Wildman–Crippen LogP) is 1.63. The summed E-state index contributed by atoms with van der Waals surface area (Å²) in [6, 6.07) is 4.74. The van der Waals surface area contributed by atoms with Gasteiger partial charge in [0.2, 0.25) is 0 Å². The van der Waals surface area contributed by atoms with Gasteiger partial charge in [0, 0.05) is 0 Å². The molecule has 1 aliphatic heterocycles. The van der Waals surface area contributed by atoms with Crippen molar-refractivity contribution < 1.29 is 18.7 Å². The highest BCUT2D eigenvalue weighted by molar-refractivity contribution is 5.95. The summed E-state index contributed by atoms with van der Waals surface area (Å²) in [4.78, 5) is 23.1. The third-order valence-corrected chi connectivity index (χ3v) is 2.93. The Bertz CT molecular complexity index is 552. The SMILES string of the molecule is COC(=O)C1=C(C)[C@H](c2ccc(F)cc2)NC(=O)N1. The highest BCUT2D eigenvalue weighted by Crippen LogP contribution is 2.26. The molecule has 1 aliphatic rings. The summed E-state index contributed by atoms with van der Waals surface area (Å²) in [5.74, 6) is -0.974. The lowest BCUT2D eigenvalue weighted by atomic mass is 9.96. The summed E-state index contributed by atoms with van der Waals surface area (Å²) in [6.45, 7) is 1.70. The second-order valence-electron chi connectivity index (χ2n) is 4.13. The standard InChI is InChI=1S/C13H13FN2O3/c1-7-10(8-3-5-9(14)6-4-8)15-13(18)16-11(7)12(17)19-2/h3-6,10H,1-2H3,(H2,15,16,18)/t10-/m1/s1. The second-order valence-corrected chi connectivity index (χ2v) is 4.13. The maximum absolute atomic E-state index is 12.9. The third-order valence-electron chi connectivity index (χ3n) is 2.93. The zero-order valence-electron chi connectivity index (χ0n) is 10.5. The van der Waals surface area contributed by atoms with E-state index in [1.807, 2.05) is 0 Å². The number of esters is 1. The predicted molar refractivity (Wildman–Crippen MR) is 65.5 cm³/mol. The largest absolute Gasteiger partial charge is 0.464 e. The Morgan fingerprint density at radius 1 is 1.32 bits per heavy atom. The summed E-state index contributed by atoms with van der Waals surface area (Å²) in [7, 11) is 1.24. The fourth-order valence-corrected chi connectivity index (χ4v) is 1.93. The molecule has 6 heteroatoms. The fourth-order valence-electron chi connectivity index (χ4n) is 1.93. The minimum absolute atomic E-state index is 0.112. The number of carbonyl (C=O) groups excluding carboxylic acids is 2. The van der Waals surface area contributed by atoms with E-state index >= 15 is 0 Å². The molecule has 1 heterocycles. The Labute approximate surface area is 109 Å². The van der Waals surface area contributed by atoms with Crippen molar-refractivity contribution in [1.29, 1.82) is 0 Å². The Morgan fingerprint density at radius 3 is 2.53 bits per heavy atom. The Kier molecular flexibility index (Phi) is 3.50. The molecule has 0 unspecified atom stereocenters. The monoisotopic (exact) mass is 264 g/mol. The topological polar surface area (TPSA) is 67.4 Å². The van der Waals surface area contributed by atoms with Gasteiger partial charge in [-0.1, -0.05) is 12.1 Å². The van der Waals surface area contributed by atoms with Crippen molar-refractivity contribution >= 4 is 12.0 Å². The van der Waals surface area contributed by atoms with Crippen molar-refractivity contribution in [3.05, 3.63) is 46.9 Å². The molecule has 0 fully saturated rings. The van der Waals surface area contributed by atoms with E-state index in [-0.39, 0.29) is 11.5 Å². The molecule has 1 aromatic carbocycles. The number of rotatable bonds is 2. The summed E-state index contributed by atoms with van der Waals surface area (Å²) < 4.78 is 17.5. The van der Waals surface area contributed by atoms with Crippen LogP contribution >= 0.6 is 0 Å². The molecule has 19 heavy (non-hydrogen) atoms. The van der Waals surface area contributed by atoms with Crippen LogP contribution in [0.2, 0.25) is 0 Å². The van der Waals surface area contributed by atoms with Crippen LogP contribution in [0, 0.1) is 5.82 Å². The van der Waals surface area contributed by atoms with Gasteiger partial charge in [-0.2, -0.15) is 0 Å². The summed E-state index contributed by atoms with van der Waals surface area (Å²) in [5, 5.41) is 5.08. The van der Waals surface area contributed by atoms with Gasteiger partial charge in [-0.15, -0.1) is 0 Å². The van der Waals surface area contributed by atoms with Gasteiger partial charge in [0.15, 0.2) is 0 Å². The first-order chi connectivity index (χ1) is 9.02. The molecule has 2 N–H and O–H groups in total. The molecule has 2 amide bonds. The molecule has 0 saturated heterocycles. The Balaban J connectivity index is 2.41. The van der Waals surface area contributed by atoms with E-state index in [1.54, 1.807) is 19.1 Å². The highest BCUT2D eigenvalue weighted by atomic mass is 19.1. The van der Waals surface area contributed by atoms with Gasteiger partial charge < -0.3 is 15.4 Å². The minimum Gasteiger partial charge on any atom is -0.464 e. The first-order valence-corrected chi connectivity index (χ1v) is 5.65. The van der Waals surface area contributed by atoms with Crippen molar-refractivity contribution in [3.63, 3.8) is 0 Å². The van der Waals surface area contributed by atoms with Gasteiger partial charge in [-0.25, -0.2) is 14.0 Å². The van der Waals surface area contributed by atoms with Crippen LogP contribution in [-0.4, -0.2) is 19.1 Å². The molecule has 100 valence electrons. The fraction of sp³-hybridized carbons (Fsp3) is 0.231. The molecule has 5 nitrogen and oxygen atoms in total. The number of urea groups is 1. The number of nitrogens with one attached hydrogen (secondary N) is 2. The Hall–Kier alpha value is -2.37. The van der Waals surface area contributed by atoms with Crippen molar-refractivity contribution in [2.24, 2.45) is 0 Å². The molecule has 0 spiro atoms. The van der Waals surface area contributed by atoms with Crippen molar-refractivity contribution in [2.75, 3.05) is 7.11 Å². The van der Waals surface area contributed by atoms with Crippen LogP contribution in [0.4, 0.5) is 9.18 Å². The van der Waals surface area contributed by atoms with Gasteiger partial charge >= 0.3 is 12.0 Å². The lowest BCUT2D eigenvalue weighted by Crippen LogP contribution is -2.45. The third kappa shape index (κ3) is 2.57. The number of benzene rings is 1. The van der Waals surface area contributed by atoms with Gasteiger partial charge in [0.25, 0.3) is 0 Å². The van der Waals surface area contributed by atoms with Crippen LogP contribution < -0.4 is 10.6 Å². The van der Waals surface area contributed by atoms with E-state index in [2.05, 4.69) is 15.4 Å². The van der Waals surface area contributed by atoms with Crippen LogP contribution in [-0.2, 0) is 9.53 Å². The molecular weight excluding hydrogens is 251 g/mol. The number of methoxy groups -OCH3 is 1. The van der Waals surface area contributed by atoms with Gasteiger partial charge in [-0.3, -0.25) is 0 Å². The highest BCUT2D eigenvalue weighted by Gasteiger charge is 2.29. The van der Waals surface area contributed by atoms with E-state index < -0.39 is 18.0 Å². The minimum atomic E-state index is -0.612. The molecule has 2 rings (SSSR count). The van der Waals surface area contributed by atoms with E-state index in [1.165, 1.54) is 19.2 Å². The normalized spacial score (nSPS) is 18.7. The lowest BCUT2D eigenvalue weighted by Gasteiger charge is -2.27. The summed E-state index contributed by atoms with van der Waals surface area (Å²) in [6.07, 6.45) is 0. The number of carbonyl (C=O) groups is 2. The number of hydrogen-bond donors (Lipinski definition) is 2. The zero-order chi connectivity index (χ0) is 14.0. The average molecular weight is 264 g/mol. The van der Waals surface area contributed by atoms with Crippen LogP contribution in [0.3, 0.4) is 0 Å². The number of hydrogen-bond acceptors (Lipinski definition) is 3. The van der Waals surface area contributed by atoms with E-state index in [4.69, 9.17) is 0 Å². The van der Waals surface area contributed by atoms with E-state index in [0.717, 1.165) is 0 Å². The molecule has 1 aromatic rings. The van der Waals surface area contributed by atoms with Gasteiger partial charge in [-0.05, 0) is 30.2 Å². The van der Waals surface area contributed by atoms with Crippen LogP contribution in [0.15, 0.2) is 35.5 Å². The van der Waals surface area contributed by atoms with E-state index in [9.17, 15) is 14.0 Å². The van der Waals surface area contributed by atoms with Crippen LogP contribution in [0.1, 0.15) is 18.5 Å². The number of halogens is 1. The van der Waals surface area contributed by atoms with Crippen molar-refractivity contribution in [2.45, 2.75) is 13.0 Å². The summed E-state index contributed by atoms with van der Waals surface area (Å²) in [5.41, 5.74) is 1.41. The molecular formula is C13H13FN2O3. The molecule has 1 atom stereocenters. The Morgan fingerprint density at radius 2 is 1.95 bits per heavy atom. The maximum atomic E-state index is 12.9. The zero-order valence-corrected chi connectivity index (χ0v) is 10.5. The average Bonchev–Trinajstić information content (AvgIpc) is 2.41. The van der Waals surface area contributed by atoms with Crippen molar-refractivity contribution in [1.82, 2.24) is 10.6 Å². The van der Waals surface area contributed by atoms with E-state index in [0.29, 0.717) is 11.1 Å². The van der Waals surface area contributed by atoms with Crippen molar-refractivity contribution in [3.8, 4) is 0 Å². The smallest absolute Gasteiger partial charge is 0.354 e. The quantitative estimate of drug-likeness (QED) is 0.798. The molecule has 0 radical (unpaired) electrons. The number of ether oxygens (including phenoxy) is 1. The first-order valence-electron chi connectivity index (χ1n) is 5.65. The summed E-state index contributed by atoms with van der Waals surface area (Å²) >= 11 is 0. The lowest BCUT2D eigenvalue weighted by molar-refractivity contribution is -0.136. The van der Waals surface area contributed by atoms with Crippen LogP contribution in [0.5, 0.6) is 0 Å². The van der Waals surface area contributed by atoms with Crippen LogP contribution in [0.25, 0.3) is 0 Å². The first kappa shape index (κ1) is 13.1.